The van der Waals surface area contributed by atoms with Gasteiger partial charge in [-0.25, -0.2) is 0 Å². The molecule has 2 aromatic rings. The number of thiocarbonyl (C=S) groups is 1. The lowest BCUT2D eigenvalue weighted by atomic mass is 10.0. The van der Waals surface area contributed by atoms with E-state index in [2.05, 4.69) is 48.3 Å². The first-order valence-corrected chi connectivity index (χ1v) is 11.2. The van der Waals surface area contributed by atoms with Gasteiger partial charge in [0, 0.05) is 0 Å². The van der Waals surface area contributed by atoms with Crippen molar-refractivity contribution in [2.75, 3.05) is 43.9 Å². The standard InChI is InChI=1S/C22H25N3OS2/c1-23-12-14-24(15-13-23)22(27)28-16-21(26)25-19-8-4-2-6-17(19)10-11-18-7-3-5-9-20(18)25/h2-9H,10-16H2,1H3/p+1. The molecule has 0 bridgehead atoms. The van der Waals surface area contributed by atoms with Gasteiger partial charge < -0.3 is 9.80 Å². The number of hydrogen-bond acceptors (Lipinski definition) is 3. The van der Waals surface area contributed by atoms with Crippen molar-refractivity contribution in [3.8, 4) is 0 Å². The van der Waals surface area contributed by atoms with Gasteiger partial charge in [0.05, 0.1) is 50.4 Å². The molecule has 1 fully saturated rings. The van der Waals surface area contributed by atoms with Crippen LogP contribution in [0.4, 0.5) is 11.4 Å². The smallest absolute Gasteiger partial charge is 0.242 e. The van der Waals surface area contributed by atoms with Crippen LogP contribution >= 0.6 is 24.0 Å². The van der Waals surface area contributed by atoms with Gasteiger partial charge in [0.15, 0.2) is 0 Å². The van der Waals surface area contributed by atoms with Crippen LogP contribution in [0.2, 0.25) is 0 Å². The fraction of sp³-hybridized carbons (Fsp3) is 0.364. The monoisotopic (exact) mass is 412 g/mol. The second-order valence-electron chi connectivity index (χ2n) is 7.49. The molecule has 2 aliphatic rings. The maximum atomic E-state index is 13.3. The first-order chi connectivity index (χ1) is 13.6. The van der Waals surface area contributed by atoms with Crippen molar-refractivity contribution in [1.82, 2.24) is 4.90 Å². The van der Waals surface area contributed by atoms with Crippen molar-refractivity contribution in [3.63, 3.8) is 0 Å². The van der Waals surface area contributed by atoms with E-state index in [-0.39, 0.29) is 5.91 Å². The Labute approximate surface area is 176 Å². The number of nitrogens with one attached hydrogen (secondary N) is 1. The molecule has 0 atom stereocenters. The average molecular weight is 413 g/mol. The van der Waals surface area contributed by atoms with Crippen LogP contribution in [0.15, 0.2) is 48.5 Å². The number of benzene rings is 2. The van der Waals surface area contributed by atoms with Crippen LogP contribution in [-0.4, -0.2) is 54.1 Å². The Hall–Kier alpha value is -1.89. The van der Waals surface area contributed by atoms with E-state index >= 15 is 0 Å². The maximum Gasteiger partial charge on any atom is 0.242 e. The van der Waals surface area contributed by atoms with Crippen molar-refractivity contribution < 1.29 is 9.69 Å². The lowest BCUT2D eigenvalue weighted by molar-refractivity contribution is -0.883. The van der Waals surface area contributed by atoms with Crippen LogP contribution in [0.25, 0.3) is 0 Å². The predicted octanol–water partition coefficient (Wildman–Crippen LogP) is 2.30. The lowest BCUT2D eigenvalue weighted by Crippen LogP contribution is -3.12. The first kappa shape index (κ1) is 19.4. The van der Waals surface area contributed by atoms with Gasteiger partial charge in [-0.05, 0) is 36.1 Å². The largest absolute Gasteiger partial charge is 0.346 e. The highest BCUT2D eigenvalue weighted by Crippen LogP contribution is 2.36. The Kier molecular flexibility index (Phi) is 5.99. The van der Waals surface area contributed by atoms with Gasteiger partial charge in [0.1, 0.15) is 4.32 Å². The minimum Gasteiger partial charge on any atom is -0.346 e. The summed E-state index contributed by atoms with van der Waals surface area (Å²) in [6.07, 6.45) is 1.90. The Bertz CT molecular complexity index is 830. The number of piperazine rings is 1. The van der Waals surface area contributed by atoms with E-state index in [1.165, 1.54) is 27.8 Å². The van der Waals surface area contributed by atoms with Crippen LogP contribution in [0, 0.1) is 0 Å². The Balaban J connectivity index is 1.53. The number of nitrogens with zero attached hydrogens (tertiary/aromatic N) is 2. The average Bonchev–Trinajstić information content (AvgIpc) is 2.89. The molecule has 1 saturated heterocycles. The minimum atomic E-state index is 0.0916. The van der Waals surface area contributed by atoms with E-state index in [1.807, 2.05) is 17.0 Å². The van der Waals surface area contributed by atoms with Crippen molar-refractivity contribution in [1.29, 1.82) is 0 Å². The second-order valence-corrected chi connectivity index (χ2v) is 9.09. The molecule has 4 rings (SSSR count). The van der Waals surface area contributed by atoms with Gasteiger partial charge in [-0.3, -0.25) is 9.69 Å². The Morgan fingerprint density at radius 1 is 1.00 bits per heavy atom. The number of fused-ring (bicyclic) bond motifs is 2. The van der Waals surface area contributed by atoms with E-state index in [9.17, 15) is 4.79 Å². The quantitative estimate of drug-likeness (QED) is 0.766. The molecule has 0 saturated carbocycles. The highest BCUT2D eigenvalue weighted by Gasteiger charge is 2.26. The summed E-state index contributed by atoms with van der Waals surface area (Å²) < 4.78 is 0.845. The molecule has 146 valence electrons. The molecule has 6 heteroatoms. The molecule has 2 heterocycles. The SMILES string of the molecule is C[NH+]1CCN(C(=S)SCC(=O)N2c3ccccc3CCc3ccccc32)CC1. The third kappa shape index (κ3) is 4.09. The van der Waals surface area contributed by atoms with Crippen LogP contribution in [0.1, 0.15) is 11.1 Å². The summed E-state index contributed by atoms with van der Waals surface area (Å²) in [4.78, 5) is 19.0. The first-order valence-electron chi connectivity index (χ1n) is 9.85. The molecular weight excluding hydrogens is 386 g/mol. The molecule has 0 aliphatic carbocycles. The van der Waals surface area contributed by atoms with Crippen LogP contribution in [-0.2, 0) is 17.6 Å². The van der Waals surface area contributed by atoms with Gasteiger partial charge in [-0.15, -0.1) is 0 Å². The molecule has 28 heavy (non-hydrogen) atoms. The van der Waals surface area contributed by atoms with E-state index in [4.69, 9.17) is 12.2 Å². The van der Waals surface area contributed by atoms with Gasteiger partial charge >= 0.3 is 0 Å². The molecule has 2 aromatic carbocycles. The van der Waals surface area contributed by atoms with Gasteiger partial charge in [-0.2, -0.15) is 0 Å². The molecular formula is C22H26N3OS2+. The topological polar surface area (TPSA) is 28.0 Å². The van der Waals surface area contributed by atoms with Crippen molar-refractivity contribution in [2.24, 2.45) is 0 Å². The van der Waals surface area contributed by atoms with E-state index in [1.54, 1.807) is 0 Å². The van der Waals surface area contributed by atoms with E-state index < -0.39 is 0 Å². The summed E-state index contributed by atoms with van der Waals surface area (Å²) >= 11 is 7.12. The number of likely N-dealkylation sites (N-methyl/N-ethyl adjacent to an activating group) is 1. The number of quaternary nitrogens is 1. The molecule has 4 nitrogen and oxygen atoms in total. The zero-order valence-corrected chi connectivity index (χ0v) is 17.8. The molecule has 0 unspecified atom stereocenters. The fourth-order valence-corrected chi connectivity index (χ4v) is 5.00. The predicted molar refractivity (Wildman–Crippen MR) is 121 cm³/mol. The molecule has 2 aliphatic heterocycles. The normalized spacial score (nSPS) is 16.9. The summed E-state index contributed by atoms with van der Waals surface area (Å²) in [7, 11) is 2.21. The number of carbonyl (C=O) groups excluding carboxylic acids is 1. The van der Waals surface area contributed by atoms with Crippen molar-refractivity contribution >= 4 is 45.6 Å². The zero-order valence-electron chi connectivity index (χ0n) is 16.2. The minimum absolute atomic E-state index is 0.0916. The third-order valence-electron chi connectivity index (χ3n) is 5.57. The number of para-hydroxylation sites is 2. The van der Waals surface area contributed by atoms with Gasteiger partial charge in [-0.1, -0.05) is 60.4 Å². The maximum absolute atomic E-state index is 13.3. The van der Waals surface area contributed by atoms with Crippen LogP contribution in [0.5, 0.6) is 0 Å². The third-order valence-corrected chi connectivity index (χ3v) is 7.08. The Morgan fingerprint density at radius 2 is 1.54 bits per heavy atom. The van der Waals surface area contributed by atoms with Gasteiger partial charge in [0.25, 0.3) is 0 Å². The zero-order chi connectivity index (χ0) is 19.5. The molecule has 1 amide bonds. The number of amides is 1. The molecule has 0 spiro atoms. The van der Waals surface area contributed by atoms with Crippen LogP contribution < -0.4 is 9.80 Å². The summed E-state index contributed by atoms with van der Waals surface area (Å²) in [5, 5.41) is 0. The van der Waals surface area contributed by atoms with Gasteiger partial charge in [0.2, 0.25) is 5.91 Å². The molecule has 0 radical (unpaired) electrons. The number of thioether (sulfide) groups is 1. The number of aryl methyl sites for hydroxylation is 2. The molecule has 1 N–H and O–H groups in total. The highest BCUT2D eigenvalue weighted by atomic mass is 32.2. The number of hydrogen-bond donors (Lipinski definition) is 1. The summed E-state index contributed by atoms with van der Waals surface area (Å²) in [6.45, 7) is 4.14. The van der Waals surface area contributed by atoms with Crippen LogP contribution in [0.3, 0.4) is 0 Å². The summed E-state index contributed by atoms with van der Waals surface area (Å²) in [5.41, 5.74) is 4.46. The second kappa shape index (κ2) is 8.64. The van der Waals surface area contributed by atoms with E-state index in [0.717, 1.165) is 54.7 Å². The summed E-state index contributed by atoms with van der Waals surface area (Å²) in [6, 6.07) is 16.5. The highest BCUT2D eigenvalue weighted by molar-refractivity contribution is 8.23. The summed E-state index contributed by atoms with van der Waals surface area (Å²) in [5.74, 6) is 0.453. The lowest BCUT2D eigenvalue weighted by Gasteiger charge is -2.31. The fourth-order valence-electron chi connectivity index (χ4n) is 3.90. The van der Waals surface area contributed by atoms with Crippen molar-refractivity contribution in [2.45, 2.75) is 12.8 Å². The number of rotatable bonds is 2. The number of anilines is 2. The van der Waals surface area contributed by atoms with E-state index in [0.29, 0.717) is 5.75 Å². The Morgan fingerprint density at radius 3 is 2.11 bits per heavy atom. The van der Waals surface area contributed by atoms with Crippen molar-refractivity contribution in [3.05, 3.63) is 59.7 Å². The number of carbonyl (C=O) groups is 1. The molecule has 0 aromatic heterocycles.